The first-order chi connectivity index (χ1) is 13.1. The largest absolute Gasteiger partial charge is 0.347 e. The number of rotatable bonds is 5. The van der Waals surface area contributed by atoms with Gasteiger partial charge in [-0.25, -0.2) is 0 Å². The summed E-state index contributed by atoms with van der Waals surface area (Å²) < 4.78 is 0. The minimum atomic E-state index is -0.558. The van der Waals surface area contributed by atoms with E-state index in [0.717, 1.165) is 22.4 Å². The van der Waals surface area contributed by atoms with Gasteiger partial charge in [-0.05, 0) is 30.7 Å². The number of nitrogens with zero attached hydrogens (tertiary/aromatic N) is 1. The smallest absolute Gasteiger partial charge is 0.227 e. The monoisotopic (exact) mass is 360 g/mol. The number of carbonyl (C=O) groups is 3. The third-order valence-corrected chi connectivity index (χ3v) is 4.33. The van der Waals surface area contributed by atoms with Crippen molar-refractivity contribution in [3.05, 3.63) is 65.2 Å². The van der Waals surface area contributed by atoms with E-state index in [0.29, 0.717) is 12.8 Å². The van der Waals surface area contributed by atoms with Crippen LogP contribution in [0.5, 0.6) is 0 Å². The van der Waals surface area contributed by atoms with E-state index in [9.17, 15) is 14.4 Å². The number of amides is 2. The summed E-state index contributed by atoms with van der Waals surface area (Å²) in [6, 6.07) is 14.7. The second-order valence-corrected chi connectivity index (χ2v) is 6.40. The summed E-state index contributed by atoms with van der Waals surface area (Å²) >= 11 is 0. The molecule has 0 saturated carbocycles. The zero-order valence-corrected chi connectivity index (χ0v) is 15.1. The fourth-order valence-corrected chi connectivity index (χ4v) is 2.92. The summed E-state index contributed by atoms with van der Waals surface area (Å²) in [6.45, 7) is 1.99. The van der Waals surface area contributed by atoms with Crippen LogP contribution in [0.25, 0.3) is 0 Å². The highest BCUT2D eigenvalue weighted by molar-refractivity contribution is 5.97. The number of anilines is 1. The molecule has 0 aromatic heterocycles. The predicted molar refractivity (Wildman–Crippen MR) is 103 cm³/mol. The molecule has 27 heavy (non-hydrogen) atoms. The Hall–Kier alpha value is -3.39. The number of aldehydes is 1. The van der Waals surface area contributed by atoms with Crippen molar-refractivity contribution in [1.82, 2.24) is 5.32 Å². The molecule has 0 bridgehead atoms. The van der Waals surface area contributed by atoms with Crippen molar-refractivity contribution in [1.29, 1.82) is 0 Å². The average molecular weight is 360 g/mol. The van der Waals surface area contributed by atoms with Crippen LogP contribution in [0.1, 0.15) is 36.5 Å². The lowest BCUT2D eigenvalue weighted by Gasteiger charge is -2.26. The van der Waals surface area contributed by atoms with E-state index < -0.39 is 6.04 Å². The SMILES string of the molecule is CC(C=O)NC(=O)CCC(=O)N1Cc2ccccc2C#Cc2ccccc21. The van der Waals surface area contributed by atoms with E-state index in [1.165, 1.54) is 0 Å². The molecule has 3 rings (SSSR count). The molecule has 0 radical (unpaired) electrons. The first-order valence-corrected chi connectivity index (χ1v) is 8.82. The standard InChI is InChI=1S/C22H20N2O3/c1-16(15-25)23-21(26)12-13-22(27)24-14-19-8-3-2-6-17(19)10-11-18-7-4-5-9-20(18)24/h2-9,15-16H,12-14H2,1H3,(H,23,26). The topological polar surface area (TPSA) is 66.5 Å². The summed E-state index contributed by atoms with van der Waals surface area (Å²) in [5, 5.41) is 2.54. The lowest BCUT2D eigenvalue weighted by atomic mass is 10.0. The lowest BCUT2D eigenvalue weighted by molar-refractivity contribution is -0.126. The summed E-state index contributed by atoms with van der Waals surface area (Å²) in [7, 11) is 0. The van der Waals surface area contributed by atoms with E-state index >= 15 is 0 Å². The Labute approximate surface area is 158 Å². The Bertz CT molecular complexity index is 940. The van der Waals surface area contributed by atoms with E-state index in [2.05, 4.69) is 17.2 Å². The summed E-state index contributed by atoms with van der Waals surface area (Å²) in [5.41, 5.74) is 3.37. The van der Waals surface area contributed by atoms with Gasteiger partial charge in [0.25, 0.3) is 0 Å². The third-order valence-electron chi connectivity index (χ3n) is 4.33. The Morgan fingerprint density at radius 3 is 2.52 bits per heavy atom. The van der Waals surface area contributed by atoms with Gasteiger partial charge < -0.3 is 15.0 Å². The molecule has 0 aliphatic carbocycles. The maximum Gasteiger partial charge on any atom is 0.227 e. The highest BCUT2D eigenvalue weighted by atomic mass is 16.2. The van der Waals surface area contributed by atoms with Crippen LogP contribution >= 0.6 is 0 Å². The molecule has 5 heteroatoms. The molecule has 2 amide bonds. The van der Waals surface area contributed by atoms with Crippen LogP contribution in [0, 0.1) is 11.8 Å². The molecule has 1 aliphatic rings. The number of carbonyl (C=O) groups excluding carboxylic acids is 3. The molecule has 0 spiro atoms. The molecule has 1 unspecified atom stereocenters. The summed E-state index contributed by atoms with van der Waals surface area (Å²) in [4.78, 5) is 37.2. The molecule has 2 aromatic rings. The number of hydrogen-bond acceptors (Lipinski definition) is 3. The van der Waals surface area contributed by atoms with E-state index in [1.807, 2.05) is 48.5 Å². The van der Waals surface area contributed by atoms with Crippen LogP contribution in [0.4, 0.5) is 5.69 Å². The molecular weight excluding hydrogens is 340 g/mol. The zero-order chi connectivity index (χ0) is 19.2. The minimum absolute atomic E-state index is 0.0308. The van der Waals surface area contributed by atoms with Crippen molar-refractivity contribution >= 4 is 23.8 Å². The molecule has 5 nitrogen and oxygen atoms in total. The Morgan fingerprint density at radius 1 is 1.07 bits per heavy atom. The van der Waals surface area contributed by atoms with Crippen molar-refractivity contribution in [2.75, 3.05) is 4.90 Å². The molecule has 0 fully saturated rings. The van der Waals surface area contributed by atoms with E-state index in [-0.39, 0.29) is 24.7 Å². The van der Waals surface area contributed by atoms with Gasteiger partial charge in [-0.3, -0.25) is 9.59 Å². The van der Waals surface area contributed by atoms with Gasteiger partial charge in [0.1, 0.15) is 6.29 Å². The molecule has 0 saturated heterocycles. The first-order valence-electron chi connectivity index (χ1n) is 8.82. The molecule has 1 atom stereocenters. The molecule has 2 aromatic carbocycles. The number of hydrogen-bond donors (Lipinski definition) is 1. The number of benzene rings is 2. The lowest BCUT2D eigenvalue weighted by Crippen LogP contribution is -2.36. The molecule has 1 N–H and O–H groups in total. The second-order valence-electron chi connectivity index (χ2n) is 6.40. The molecule has 1 heterocycles. The van der Waals surface area contributed by atoms with Crippen LogP contribution in [0.2, 0.25) is 0 Å². The maximum atomic E-state index is 12.9. The predicted octanol–water partition coefficient (Wildman–Crippen LogP) is 2.42. The number of fused-ring (bicyclic) bond motifs is 2. The number of para-hydroxylation sites is 1. The Balaban J connectivity index is 1.84. The van der Waals surface area contributed by atoms with Gasteiger partial charge in [0.05, 0.1) is 18.3 Å². The van der Waals surface area contributed by atoms with Gasteiger partial charge in [0.2, 0.25) is 11.8 Å². The van der Waals surface area contributed by atoms with Crippen LogP contribution in [0.15, 0.2) is 48.5 Å². The quantitative estimate of drug-likeness (QED) is 0.658. The summed E-state index contributed by atoms with van der Waals surface area (Å²) in [6.07, 6.45) is 0.744. The molecule has 1 aliphatic heterocycles. The minimum Gasteiger partial charge on any atom is -0.347 e. The van der Waals surface area contributed by atoms with Crippen molar-refractivity contribution < 1.29 is 14.4 Å². The molecular formula is C22H20N2O3. The normalized spacial score (nSPS) is 13.0. The maximum absolute atomic E-state index is 12.9. The van der Waals surface area contributed by atoms with Crippen LogP contribution in [-0.2, 0) is 20.9 Å². The highest BCUT2D eigenvalue weighted by Crippen LogP contribution is 2.26. The van der Waals surface area contributed by atoms with Crippen molar-refractivity contribution in [3.8, 4) is 11.8 Å². The second kappa shape index (κ2) is 8.33. The van der Waals surface area contributed by atoms with Gasteiger partial charge >= 0.3 is 0 Å². The molecule has 136 valence electrons. The van der Waals surface area contributed by atoms with Gasteiger partial charge in [-0.15, -0.1) is 0 Å². The average Bonchev–Trinajstić information content (AvgIpc) is 2.67. The van der Waals surface area contributed by atoms with Crippen molar-refractivity contribution in [2.45, 2.75) is 32.4 Å². The Morgan fingerprint density at radius 2 is 1.74 bits per heavy atom. The van der Waals surface area contributed by atoms with Gasteiger partial charge in [0, 0.05) is 24.0 Å². The van der Waals surface area contributed by atoms with Gasteiger partial charge in [0.15, 0.2) is 0 Å². The van der Waals surface area contributed by atoms with Crippen LogP contribution in [0.3, 0.4) is 0 Å². The van der Waals surface area contributed by atoms with Gasteiger partial charge in [-0.2, -0.15) is 0 Å². The highest BCUT2D eigenvalue weighted by Gasteiger charge is 2.21. The van der Waals surface area contributed by atoms with E-state index in [1.54, 1.807) is 11.8 Å². The summed E-state index contributed by atoms with van der Waals surface area (Å²) in [5.74, 6) is 5.84. The van der Waals surface area contributed by atoms with Crippen molar-refractivity contribution in [2.24, 2.45) is 0 Å². The fourth-order valence-electron chi connectivity index (χ4n) is 2.92. The third kappa shape index (κ3) is 4.42. The first kappa shape index (κ1) is 18.4. The zero-order valence-electron chi connectivity index (χ0n) is 15.1. The fraction of sp³-hybridized carbons (Fsp3) is 0.227. The van der Waals surface area contributed by atoms with Crippen molar-refractivity contribution in [3.63, 3.8) is 0 Å². The number of nitrogens with one attached hydrogen (secondary N) is 1. The van der Waals surface area contributed by atoms with E-state index in [4.69, 9.17) is 0 Å². The van der Waals surface area contributed by atoms with Gasteiger partial charge in [-0.1, -0.05) is 42.2 Å². The van der Waals surface area contributed by atoms with Crippen LogP contribution in [-0.4, -0.2) is 24.1 Å². The Kier molecular flexibility index (Phi) is 5.68. The van der Waals surface area contributed by atoms with Crippen LogP contribution < -0.4 is 10.2 Å².